The number of carbonyl (C=O) groups is 1. The second kappa shape index (κ2) is 6.78. The Balaban J connectivity index is 2.21. The maximum absolute atomic E-state index is 12.2. The lowest BCUT2D eigenvalue weighted by Gasteiger charge is -2.25. The second-order valence-corrected chi connectivity index (χ2v) is 6.07. The van der Waals surface area contributed by atoms with E-state index in [-0.39, 0.29) is 12.6 Å². The van der Waals surface area contributed by atoms with Crippen LogP contribution in [0.25, 0.3) is 5.69 Å². The highest BCUT2D eigenvalue weighted by Gasteiger charge is 2.20. The molecule has 0 aliphatic heterocycles. The van der Waals surface area contributed by atoms with E-state index >= 15 is 0 Å². The summed E-state index contributed by atoms with van der Waals surface area (Å²) >= 11 is 0. The molecule has 0 fully saturated rings. The Labute approximate surface area is 135 Å². The molecule has 1 aromatic carbocycles. The lowest BCUT2D eigenvalue weighted by Crippen LogP contribution is -2.46. The molecule has 124 valence electrons. The highest BCUT2D eigenvalue weighted by Crippen LogP contribution is 2.20. The van der Waals surface area contributed by atoms with Crippen molar-refractivity contribution in [3.63, 3.8) is 0 Å². The van der Waals surface area contributed by atoms with Crippen LogP contribution in [0.3, 0.4) is 0 Å². The maximum atomic E-state index is 12.2. The third-order valence-corrected chi connectivity index (χ3v) is 3.44. The van der Waals surface area contributed by atoms with Crippen molar-refractivity contribution in [2.45, 2.75) is 39.7 Å². The molecule has 0 unspecified atom stereocenters. The molecular weight excluding hydrogens is 294 g/mol. The lowest BCUT2D eigenvalue weighted by atomic mass is 10.0. The van der Waals surface area contributed by atoms with Gasteiger partial charge in [0.25, 0.3) is 0 Å². The highest BCUT2D eigenvalue weighted by molar-refractivity contribution is 5.91. The van der Waals surface area contributed by atoms with Gasteiger partial charge in [-0.05, 0) is 46.2 Å². The summed E-state index contributed by atoms with van der Waals surface area (Å²) < 4.78 is 1.70. The van der Waals surface area contributed by atoms with Crippen molar-refractivity contribution in [2.24, 2.45) is 0 Å². The summed E-state index contributed by atoms with van der Waals surface area (Å²) in [5.74, 6) is 1.42. The van der Waals surface area contributed by atoms with E-state index in [2.05, 4.69) is 20.7 Å². The topological polar surface area (TPSA) is 92.1 Å². The van der Waals surface area contributed by atoms with Gasteiger partial charge in [0.05, 0.1) is 11.4 Å². The van der Waals surface area contributed by atoms with Gasteiger partial charge in [0.1, 0.15) is 11.6 Å². The van der Waals surface area contributed by atoms with Crippen LogP contribution in [0.2, 0.25) is 0 Å². The number of nitrogens with zero attached hydrogens (tertiary/aromatic N) is 3. The first-order valence-corrected chi connectivity index (χ1v) is 7.52. The molecule has 0 saturated heterocycles. The molecular formula is C16H23N5O2. The van der Waals surface area contributed by atoms with Crippen LogP contribution in [-0.2, 0) is 0 Å². The first kappa shape index (κ1) is 17.0. The first-order valence-electron chi connectivity index (χ1n) is 7.52. The van der Waals surface area contributed by atoms with Gasteiger partial charge in [-0.1, -0.05) is 12.1 Å². The number of hydrogen-bond donors (Lipinski definition) is 3. The van der Waals surface area contributed by atoms with Crippen LogP contribution in [0.4, 0.5) is 10.5 Å². The van der Waals surface area contributed by atoms with Gasteiger partial charge in [0.2, 0.25) is 0 Å². The summed E-state index contributed by atoms with van der Waals surface area (Å²) in [6, 6.07) is 7.08. The number of para-hydroxylation sites is 2. The number of aromatic nitrogens is 3. The smallest absolute Gasteiger partial charge is 0.319 e. The van der Waals surface area contributed by atoms with Gasteiger partial charge in [0, 0.05) is 12.1 Å². The molecule has 0 atom stereocenters. The summed E-state index contributed by atoms with van der Waals surface area (Å²) in [7, 11) is 0. The number of benzene rings is 1. The normalized spacial score (nSPS) is 11.3. The minimum absolute atomic E-state index is 0.0152. The maximum Gasteiger partial charge on any atom is 0.319 e. The average Bonchev–Trinajstić information content (AvgIpc) is 2.77. The quantitative estimate of drug-likeness (QED) is 0.788. The van der Waals surface area contributed by atoms with E-state index in [1.54, 1.807) is 4.68 Å². The molecule has 23 heavy (non-hydrogen) atoms. The number of rotatable bonds is 5. The Morgan fingerprint density at radius 3 is 2.61 bits per heavy atom. The Bertz CT molecular complexity index is 694. The third-order valence-electron chi connectivity index (χ3n) is 3.44. The molecule has 2 amide bonds. The number of carbonyl (C=O) groups excluding carboxylic acids is 1. The van der Waals surface area contributed by atoms with E-state index in [1.807, 2.05) is 52.0 Å². The van der Waals surface area contributed by atoms with Gasteiger partial charge in [0.15, 0.2) is 0 Å². The fourth-order valence-corrected chi connectivity index (χ4v) is 2.32. The molecule has 1 aromatic heterocycles. The zero-order valence-corrected chi connectivity index (χ0v) is 13.9. The van der Waals surface area contributed by atoms with Gasteiger partial charge >= 0.3 is 6.03 Å². The molecule has 0 spiro atoms. The van der Waals surface area contributed by atoms with Crippen molar-refractivity contribution in [3.8, 4) is 5.69 Å². The van der Waals surface area contributed by atoms with E-state index in [1.165, 1.54) is 0 Å². The van der Waals surface area contributed by atoms with E-state index < -0.39 is 5.54 Å². The van der Waals surface area contributed by atoms with Crippen LogP contribution in [0, 0.1) is 13.8 Å². The van der Waals surface area contributed by atoms with Crippen molar-refractivity contribution >= 4 is 11.7 Å². The Kier molecular flexibility index (Phi) is 5.00. The molecule has 2 rings (SSSR count). The van der Waals surface area contributed by atoms with Gasteiger partial charge in [-0.15, -0.1) is 0 Å². The number of aliphatic hydroxyl groups excluding tert-OH is 1. The SMILES string of the molecule is Cc1nc(C)n(-c2ccccc2NC(=O)NC(C)(C)CCO)n1. The van der Waals surface area contributed by atoms with E-state index in [0.717, 1.165) is 11.5 Å². The fourth-order valence-electron chi connectivity index (χ4n) is 2.32. The molecule has 7 nitrogen and oxygen atoms in total. The largest absolute Gasteiger partial charge is 0.396 e. The molecule has 3 N–H and O–H groups in total. The summed E-state index contributed by atoms with van der Waals surface area (Å²) in [5.41, 5.74) is 0.895. The number of nitrogens with one attached hydrogen (secondary N) is 2. The average molecular weight is 317 g/mol. The van der Waals surface area contributed by atoms with Crippen LogP contribution >= 0.6 is 0 Å². The summed E-state index contributed by atoms with van der Waals surface area (Å²) in [6.07, 6.45) is 0.476. The second-order valence-electron chi connectivity index (χ2n) is 6.07. The zero-order chi connectivity index (χ0) is 17.0. The molecule has 1 heterocycles. The van der Waals surface area contributed by atoms with Gasteiger partial charge in [-0.2, -0.15) is 5.10 Å². The highest BCUT2D eigenvalue weighted by atomic mass is 16.3. The lowest BCUT2D eigenvalue weighted by molar-refractivity contribution is 0.218. The Hall–Kier alpha value is -2.41. The molecule has 0 saturated carbocycles. The third kappa shape index (κ3) is 4.29. The summed E-state index contributed by atoms with van der Waals surface area (Å²) in [6.45, 7) is 7.42. The molecule has 2 aromatic rings. The van der Waals surface area contributed by atoms with Crippen LogP contribution in [-0.4, -0.2) is 38.0 Å². The van der Waals surface area contributed by atoms with Crippen LogP contribution < -0.4 is 10.6 Å². The number of urea groups is 1. The van der Waals surface area contributed by atoms with E-state index in [9.17, 15) is 4.79 Å². The number of aryl methyl sites for hydroxylation is 2. The minimum atomic E-state index is -0.493. The van der Waals surface area contributed by atoms with Crippen LogP contribution in [0.5, 0.6) is 0 Å². The van der Waals surface area contributed by atoms with Crippen molar-refractivity contribution in [2.75, 3.05) is 11.9 Å². The van der Waals surface area contributed by atoms with Crippen molar-refractivity contribution in [1.29, 1.82) is 0 Å². The monoisotopic (exact) mass is 317 g/mol. The number of aliphatic hydroxyl groups is 1. The van der Waals surface area contributed by atoms with Gasteiger partial charge in [-0.25, -0.2) is 14.5 Å². The fraction of sp³-hybridized carbons (Fsp3) is 0.438. The van der Waals surface area contributed by atoms with Crippen molar-refractivity contribution in [1.82, 2.24) is 20.1 Å². The van der Waals surface area contributed by atoms with Crippen LogP contribution in [0.1, 0.15) is 31.9 Å². The van der Waals surface area contributed by atoms with Gasteiger partial charge in [-0.3, -0.25) is 0 Å². The molecule has 0 aliphatic carbocycles. The van der Waals surface area contributed by atoms with Crippen molar-refractivity contribution < 1.29 is 9.90 Å². The first-order chi connectivity index (χ1) is 10.8. The van der Waals surface area contributed by atoms with E-state index in [4.69, 9.17) is 5.11 Å². The Morgan fingerprint density at radius 1 is 1.30 bits per heavy atom. The molecule has 0 aliphatic rings. The summed E-state index contributed by atoms with van der Waals surface area (Å²) in [5, 5.41) is 19.1. The number of hydrogen-bond acceptors (Lipinski definition) is 4. The van der Waals surface area contributed by atoms with Crippen LogP contribution in [0.15, 0.2) is 24.3 Å². The predicted octanol–water partition coefficient (Wildman–Crippen LogP) is 2.17. The summed E-state index contributed by atoms with van der Waals surface area (Å²) in [4.78, 5) is 16.5. The molecule has 7 heteroatoms. The minimum Gasteiger partial charge on any atom is -0.396 e. The standard InChI is InChI=1S/C16H23N5O2/c1-11-17-12(2)21(20-11)14-8-6-5-7-13(14)18-15(23)19-16(3,4)9-10-22/h5-8,22H,9-10H2,1-4H3,(H2,18,19,23). The number of anilines is 1. The molecule has 0 bridgehead atoms. The predicted molar refractivity (Wildman–Crippen MR) is 88.8 cm³/mol. The van der Waals surface area contributed by atoms with Crippen molar-refractivity contribution in [3.05, 3.63) is 35.9 Å². The zero-order valence-electron chi connectivity index (χ0n) is 13.9. The Morgan fingerprint density at radius 2 is 2.00 bits per heavy atom. The molecule has 0 radical (unpaired) electrons. The number of amides is 2. The van der Waals surface area contributed by atoms with E-state index in [0.29, 0.717) is 17.9 Å². The van der Waals surface area contributed by atoms with Gasteiger partial charge < -0.3 is 15.7 Å².